The highest BCUT2D eigenvalue weighted by atomic mass is 32.1. The minimum Gasteiger partial charge on any atom is -0.367 e. The summed E-state index contributed by atoms with van der Waals surface area (Å²) in [4.78, 5) is 35.2. The van der Waals surface area contributed by atoms with Gasteiger partial charge in [-0.1, -0.05) is 44.2 Å². The SMILES string of the molecule is Cc1sc(N(C(=O)COCc2ccccc2)c2cc(F)nc(F)c2)nc1C(=O)NC1CCC1(C)C. The Bertz CT molecular complexity index is 1210. The van der Waals surface area contributed by atoms with Gasteiger partial charge in [-0.2, -0.15) is 13.8 Å². The summed E-state index contributed by atoms with van der Waals surface area (Å²) in [6.45, 7) is 5.70. The van der Waals surface area contributed by atoms with Gasteiger partial charge < -0.3 is 10.1 Å². The molecule has 0 saturated heterocycles. The van der Waals surface area contributed by atoms with Crippen molar-refractivity contribution in [3.63, 3.8) is 0 Å². The first kappa shape index (κ1) is 24.9. The van der Waals surface area contributed by atoms with Crippen molar-refractivity contribution >= 4 is 34.0 Å². The minimum absolute atomic E-state index is 0.00655. The van der Waals surface area contributed by atoms with Crippen LogP contribution in [0, 0.1) is 24.2 Å². The van der Waals surface area contributed by atoms with Crippen molar-refractivity contribution in [1.29, 1.82) is 0 Å². The molecule has 2 aromatic heterocycles. The van der Waals surface area contributed by atoms with Gasteiger partial charge >= 0.3 is 0 Å². The Kier molecular flexibility index (Phi) is 7.23. The van der Waals surface area contributed by atoms with Gasteiger partial charge in [-0.25, -0.2) is 4.98 Å². The molecule has 0 radical (unpaired) electrons. The molecule has 1 aliphatic carbocycles. The summed E-state index contributed by atoms with van der Waals surface area (Å²) in [5.74, 6) is -3.10. The smallest absolute Gasteiger partial charge is 0.271 e. The average molecular weight is 501 g/mol. The third-order valence-corrected chi connectivity index (χ3v) is 7.07. The third-order valence-electron chi connectivity index (χ3n) is 6.11. The predicted octanol–water partition coefficient (Wildman–Crippen LogP) is 4.92. The Labute approximate surface area is 206 Å². The summed E-state index contributed by atoms with van der Waals surface area (Å²) in [7, 11) is 0. The standard InChI is InChI=1S/C25H26F2N4O3S/c1-15-22(23(33)28-18-9-10-25(18,2)3)30-24(35-15)31(17-11-19(26)29-20(27)12-17)21(32)14-34-13-16-7-5-4-6-8-16/h4-8,11-12,18H,9-10,13-14H2,1-3H3,(H,28,33). The number of hydrogen-bond acceptors (Lipinski definition) is 6. The van der Waals surface area contributed by atoms with Gasteiger partial charge in [-0.15, -0.1) is 11.3 Å². The van der Waals surface area contributed by atoms with Crippen LogP contribution in [0.1, 0.15) is 47.6 Å². The van der Waals surface area contributed by atoms with Crippen LogP contribution in [-0.2, 0) is 16.1 Å². The number of aryl methyl sites for hydroxylation is 1. The van der Waals surface area contributed by atoms with Crippen molar-refractivity contribution in [2.45, 2.75) is 46.3 Å². The van der Waals surface area contributed by atoms with Crippen LogP contribution in [-0.4, -0.2) is 34.4 Å². The molecule has 7 nitrogen and oxygen atoms in total. The van der Waals surface area contributed by atoms with Gasteiger partial charge in [-0.05, 0) is 30.7 Å². The third kappa shape index (κ3) is 5.71. The lowest BCUT2D eigenvalue weighted by atomic mass is 9.67. The number of carbonyl (C=O) groups is 2. The highest BCUT2D eigenvalue weighted by Gasteiger charge is 2.40. The Balaban J connectivity index is 1.58. The number of carbonyl (C=O) groups excluding carboxylic acids is 2. The number of pyridine rings is 1. The van der Waals surface area contributed by atoms with Crippen molar-refractivity contribution in [3.05, 3.63) is 70.5 Å². The number of amides is 2. The largest absolute Gasteiger partial charge is 0.367 e. The van der Waals surface area contributed by atoms with Gasteiger partial charge in [0.1, 0.15) is 12.3 Å². The number of benzene rings is 1. The molecule has 4 rings (SSSR count). The number of rotatable bonds is 8. The Morgan fingerprint density at radius 1 is 1.17 bits per heavy atom. The van der Waals surface area contributed by atoms with E-state index in [4.69, 9.17) is 4.74 Å². The summed E-state index contributed by atoms with van der Waals surface area (Å²) in [5, 5.41) is 3.11. The molecular formula is C25H26F2N4O3S. The molecule has 1 saturated carbocycles. The first-order chi connectivity index (χ1) is 16.6. The number of thiazole rings is 1. The van der Waals surface area contributed by atoms with Gasteiger partial charge in [0.15, 0.2) is 5.13 Å². The Morgan fingerprint density at radius 3 is 2.46 bits per heavy atom. The second kappa shape index (κ2) is 10.2. The van der Waals surface area contributed by atoms with E-state index in [1.165, 1.54) is 0 Å². The maximum absolute atomic E-state index is 13.9. The summed E-state index contributed by atoms with van der Waals surface area (Å²) in [6.07, 6.45) is 1.90. The molecule has 0 aliphatic heterocycles. The minimum atomic E-state index is -1.08. The van der Waals surface area contributed by atoms with E-state index in [-0.39, 0.29) is 47.1 Å². The van der Waals surface area contributed by atoms with Crippen molar-refractivity contribution in [2.75, 3.05) is 11.5 Å². The van der Waals surface area contributed by atoms with Crippen LogP contribution in [0.4, 0.5) is 19.6 Å². The maximum Gasteiger partial charge on any atom is 0.271 e. The van der Waals surface area contributed by atoms with Crippen LogP contribution in [0.5, 0.6) is 0 Å². The van der Waals surface area contributed by atoms with Gasteiger partial charge in [0.2, 0.25) is 11.9 Å². The summed E-state index contributed by atoms with van der Waals surface area (Å²) < 4.78 is 33.4. The molecule has 10 heteroatoms. The highest BCUT2D eigenvalue weighted by molar-refractivity contribution is 7.16. The number of ether oxygens (including phenoxy) is 1. The molecule has 184 valence electrons. The second-order valence-electron chi connectivity index (χ2n) is 9.13. The molecule has 35 heavy (non-hydrogen) atoms. The molecule has 1 aromatic carbocycles. The van der Waals surface area contributed by atoms with E-state index in [9.17, 15) is 18.4 Å². The molecule has 0 spiro atoms. The van der Waals surface area contributed by atoms with Gasteiger partial charge in [-0.3, -0.25) is 14.5 Å². The topological polar surface area (TPSA) is 84.4 Å². The number of halogens is 2. The molecule has 1 fully saturated rings. The first-order valence-electron chi connectivity index (χ1n) is 11.2. The van der Waals surface area contributed by atoms with Crippen LogP contribution in [0.3, 0.4) is 0 Å². The van der Waals surface area contributed by atoms with Crippen molar-refractivity contribution in [3.8, 4) is 0 Å². The van der Waals surface area contributed by atoms with Crippen molar-refractivity contribution < 1.29 is 23.1 Å². The maximum atomic E-state index is 13.9. The van der Waals surface area contributed by atoms with Crippen LogP contribution >= 0.6 is 11.3 Å². The van der Waals surface area contributed by atoms with E-state index >= 15 is 0 Å². The Hall–Kier alpha value is -3.24. The fourth-order valence-corrected chi connectivity index (χ4v) is 4.83. The predicted molar refractivity (Wildman–Crippen MR) is 129 cm³/mol. The van der Waals surface area contributed by atoms with E-state index < -0.39 is 17.8 Å². The molecule has 1 atom stereocenters. The normalized spacial score (nSPS) is 16.4. The number of nitrogens with zero attached hydrogens (tertiary/aromatic N) is 3. The number of anilines is 2. The van der Waals surface area contributed by atoms with Crippen LogP contribution in [0.15, 0.2) is 42.5 Å². The van der Waals surface area contributed by atoms with Crippen molar-refractivity contribution in [1.82, 2.24) is 15.3 Å². The number of aromatic nitrogens is 2. The average Bonchev–Trinajstić information content (AvgIpc) is 3.18. The van der Waals surface area contributed by atoms with Crippen LogP contribution in [0.25, 0.3) is 0 Å². The van der Waals surface area contributed by atoms with Gasteiger partial charge in [0, 0.05) is 23.1 Å². The zero-order chi connectivity index (χ0) is 25.2. The lowest BCUT2D eigenvalue weighted by molar-refractivity contribution is -0.122. The van der Waals surface area contributed by atoms with Crippen molar-refractivity contribution in [2.24, 2.45) is 5.41 Å². The molecule has 0 bridgehead atoms. The van der Waals surface area contributed by atoms with E-state index in [2.05, 4.69) is 29.1 Å². The van der Waals surface area contributed by atoms with E-state index in [1.54, 1.807) is 6.92 Å². The Morgan fingerprint density at radius 2 is 1.86 bits per heavy atom. The van der Waals surface area contributed by atoms with E-state index in [1.807, 2.05) is 30.3 Å². The van der Waals surface area contributed by atoms with Crippen LogP contribution < -0.4 is 10.2 Å². The lowest BCUT2D eigenvalue weighted by Crippen LogP contribution is -2.52. The molecule has 1 unspecified atom stereocenters. The molecular weight excluding hydrogens is 474 g/mol. The second-order valence-corrected chi connectivity index (χ2v) is 10.3. The zero-order valence-corrected chi connectivity index (χ0v) is 20.5. The van der Waals surface area contributed by atoms with E-state index in [0.717, 1.165) is 46.8 Å². The molecule has 1 aliphatic rings. The summed E-state index contributed by atoms with van der Waals surface area (Å²) >= 11 is 1.08. The lowest BCUT2D eigenvalue weighted by Gasteiger charge is -2.44. The molecule has 2 heterocycles. The quantitative estimate of drug-likeness (QED) is 0.444. The summed E-state index contributed by atoms with van der Waals surface area (Å²) in [6, 6.07) is 11.2. The number of hydrogen-bond donors (Lipinski definition) is 1. The fraction of sp³-hybridized carbons (Fsp3) is 0.360. The molecule has 3 aromatic rings. The first-order valence-corrected chi connectivity index (χ1v) is 12.0. The van der Waals surface area contributed by atoms with Gasteiger partial charge in [0.25, 0.3) is 11.8 Å². The van der Waals surface area contributed by atoms with Gasteiger partial charge in [0.05, 0.1) is 12.3 Å². The van der Waals surface area contributed by atoms with Crippen LogP contribution in [0.2, 0.25) is 0 Å². The molecule has 2 amide bonds. The molecule has 1 N–H and O–H groups in total. The monoisotopic (exact) mass is 500 g/mol. The summed E-state index contributed by atoms with van der Waals surface area (Å²) in [5.41, 5.74) is 0.956. The number of nitrogens with one attached hydrogen (secondary N) is 1. The zero-order valence-electron chi connectivity index (χ0n) is 19.7. The fourth-order valence-electron chi connectivity index (χ4n) is 3.89. The van der Waals surface area contributed by atoms with E-state index in [0.29, 0.717) is 4.88 Å². The highest BCUT2D eigenvalue weighted by Crippen LogP contribution is 2.40.